The lowest BCUT2D eigenvalue weighted by Gasteiger charge is -2.37. The van der Waals surface area contributed by atoms with Crippen molar-refractivity contribution in [2.45, 2.75) is 38.3 Å². The Morgan fingerprint density at radius 2 is 2.39 bits per heavy atom. The minimum atomic E-state index is -0.305. The summed E-state index contributed by atoms with van der Waals surface area (Å²) in [6, 6.07) is 1.53. The lowest BCUT2D eigenvalue weighted by atomic mass is 9.77. The standard InChI is InChI=1S/C13H20FN3O/c1-2-18-10-5-9(6-10)7-13(17-15)11-3-4-16-8-12(11)14/h3-4,8-10,13,17H,2,5-7,15H2,1H3. The minimum absolute atomic E-state index is 0.152. The molecule has 100 valence electrons. The summed E-state index contributed by atoms with van der Waals surface area (Å²) in [5, 5.41) is 0. The van der Waals surface area contributed by atoms with Gasteiger partial charge in [0, 0.05) is 24.4 Å². The molecule has 1 fully saturated rings. The zero-order valence-electron chi connectivity index (χ0n) is 10.6. The first-order valence-corrected chi connectivity index (χ1v) is 6.41. The number of nitrogens with one attached hydrogen (secondary N) is 1. The molecule has 0 saturated heterocycles. The van der Waals surface area contributed by atoms with Crippen molar-refractivity contribution in [3.05, 3.63) is 29.8 Å². The maximum atomic E-state index is 13.6. The summed E-state index contributed by atoms with van der Waals surface area (Å²) in [5.74, 6) is 5.77. The molecule has 1 atom stereocenters. The molecule has 5 heteroatoms. The number of hydrogen-bond donors (Lipinski definition) is 2. The van der Waals surface area contributed by atoms with E-state index in [0.29, 0.717) is 17.6 Å². The summed E-state index contributed by atoms with van der Waals surface area (Å²) >= 11 is 0. The first kappa shape index (κ1) is 13.4. The molecule has 1 saturated carbocycles. The molecule has 1 aromatic rings. The molecule has 1 heterocycles. The van der Waals surface area contributed by atoms with Crippen LogP contribution in [0.25, 0.3) is 0 Å². The Morgan fingerprint density at radius 3 is 3.00 bits per heavy atom. The summed E-state index contributed by atoms with van der Waals surface area (Å²) in [6.07, 6.45) is 6.11. The number of nitrogens with two attached hydrogens (primary N) is 1. The Balaban J connectivity index is 1.89. The molecule has 0 aromatic carbocycles. The predicted molar refractivity (Wildman–Crippen MR) is 67.0 cm³/mol. The highest BCUT2D eigenvalue weighted by Crippen LogP contribution is 2.37. The molecule has 2 rings (SSSR count). The minimum Gasteiger partial charge on any atom is -0.378 e. The van der Waals surface area contributed by atoms with Crippen molar-refractivity contribution in [2.24, 2.45) is 11.8 Å². The first-order valence-electron chi connectivity index (χ1n) is 6.41. The van der Waals surface area contributed by atoms with Crippen LogP contribution in [-0.4, -0.2) is 17.7 Å². The lowest BCUT2D eigenvalue weighted by molar-refractivity contribution is -0.0292. The number of halogens is 1. The highest BCUT2D eigenvalue weighted by Gasteiger charge is 2.32. The van der Waals surface area contributed by atoms with E-state index in [9.17, 15) is 4.39 Å². The Hall–Kier alpha value is -1.04. The fraction of sp³-hybridized carbons (Fsp3) is 0.615. The van der Waals surface area contributed by atoms with Gasteiger partial charge in [-0.25, -0.2) is 4.39 Å². The number of rotatable bonds is 6. The molecule has 1 aliphatic carbocycles. The number of nitrogens with zero attached hydrogens (tertiary/aromatic N) is 1. The summed E-state index contributed by atoms with van der Waals surface area (Å²) in [7, 11) is 0. The van der Waals surface area contributed by atoms with Crippen LogP contribution in [0.5, 0.6) is 0 Å². The smallest absolute Gasteiger partial charge is 0.146 e. The SMILES string of the molecule is CCOC1CC(CC(NN)c2ccncc2F)C1. The van der Waals surface area contributed by atoms with Gasteiger partial charge in [-0.05, 0) is 38.2 Å². The van der Waals surface area contributed by atoms with E-state index in [1.54, 1.807) is 12.3 Å². The van der Waals surface area contributed by atoms with Gasteiger partial charge in [-0.2, -0.15) is 0 Å². The molecule has 0 aliphatic heterocycles. The van der Waals surface area contributed by atoms with Gasteiger partial charge in [0.05, 0.1) is 12.3 Å². The zero-order chi connectivity index (χ0) is 13.0. The van der Waals surface area contributed by atoms with Crippen LogP contribution in [0.15, 0.2) is 18.5 Å². The van der Waals surface area contributed by atoms with E-state index in [2.05, 4.69) is 10.4 Å². The molecule has 1 unspecified atom stereocenters. The van der Waals surface area contributed by atoms with Gasteiger partial charge in [-0.3, -0.25) is 16.3 Å². The molecule has 3 N–H and O–H groups in total. The highest BCUT2D eigenvalue weighted by molar-refractivity contribution is 5.17. The van der Waals surface area contributed by atoms with Crippen LogP contribution in [0.3, 0.4) is 0 Å². The molecule has 18 heavy (non-hydrogen) atoms. The summed E-state index contributed by atoms with van der Waals surface area (Å²) in [4.78, 5) is 3.75. The zero-order valence-corrected chi connectivity index (χ0v) is 10.6. The van der Waals surface area contributed by atoms with Crippen LogP contribution >= 0.6 is 0 Å². The normalized spacial score (nSPS) is 24.6. The molecular weight excluding hydrogens is 233 g/mol. The maximum Gasteiger partial charge on any atom is 0.146 e. The molecule has 0 radical (unpaired) electrons. The van der Waals surface area contributed by atoms with Crippen LogP contribution in [0.2, 0.25) is 0 Å². The van der Waals surface area contributed by atoms with Crippen LogP contribution in [0.4, 0.5) is 4.39 Å². The largest absolute Gasteiger partial charge is 0.378 e. The van der Waals surface area contributed by atoms with Crippen LogP contribution in [0, 0.1) is 11.7 Å². The van der Waals surface area contributed by atoms with Gasteiger partial charge in [0.2, 0.25) is 0 Å². The van der Waals surface area contributed by atoms with Crippen molar-refractivity contribution < 1.29 is 9.13 Å². The Morgan fingerprint density at radius 1 is 1.61 bits per heavy atom. The van der Waals surface area contributed by atoms with Gasteiger partial charge in [0.25, 0.3) is 0 Å². The third kappa shape index (κ3) is 3.04. The van der Waals surface area contributed by atoms with Crippen molar-refractivity contribution in [2.75, 3.05) is 6.61 Å². The third-order valence-electron chi connectivity index (χ3n) is 3.54. The van der Waals surface area contributed by atoms with Gasteiger partial charge < -0.3 is 4.74 Å². The monoisotopic (exact) mass is 253 g/mol. The van der Waals surface area contributed by atoms with E-state index in [0.717, 1.165) is 25.9 Å². The van der Waals surface area contributed by atoms with Crippen LogP contribution in [-0.2, 0) is 4.74 Å². The van der Waals surface area contributed by atoms with Crippen molar-refractivity contribution >= 4 is 0 Å². The third-order valence-corrected chi connectivity index (χ3v) is 3.54. The van der Waals surface area contributed by atoms with Gasteiger partial charge in [-0.1, -0.05) is 0 Å². The van der Waals surface area contributed by atoms with Crippen molar-refractivity contribution in [3.63, 3.8) is 0 Å². The predicted octanol–water partition coefficient (Wildman–Crippen LogP) is 1.93. The number of ether oxygens (including phenoxy) is 1. The number of hydrazine groups is 1. The van der Waals surface area contributed by atoms with E-state index in [1.165, 1.54) is 6.20 Å². The number of aromatic nitrogens is 1. The lowest BCUT2D eigenvalue weighted by Crippen LogP contribution is -2.37. The van der Waals surface area contributed by atoms with Crippen LogP contribution < -0.4 is 11.3 Å². The average Bonchev–Trinajstić information content (AvgIpc) is 2.33. The number of hydrogen-bond acceptors (Lipinski definition) is 4. The van der Waals surface area contributed by atoms with E-state index >= 15 is 0 Å². The highest BCUT2D eigenvalue weighted by atomic mass is 19.1. The van der Waals surface area contributed by atoms with Crippen molar-refractivity contribution in [3.8, 4) is 0 Å². The second kappa shape index (κ2) is 6.22. The second-order valence-corrected chi connectivity index (χ2v) is 4.77. The fourth-order valence-corrected chi connectivity index (χ4v) is 2.53. The Kier molecular flexibility index (Phi) is 4.63. The van der Waals surface area contributed by atoms with Gasteiger partial charge in [0.1, 0.15) is 5.82 Å². The summed E-state index contributed by atoms with van der Waals surface area (Å²) in [6.45, 7) is 2.76. The van der Waals surface area contributed by atoms with Gasteiger partial charge in [-0.15, -0.1) is 0 Å². The molecular formula is C13H20FN3O. The molecule has 0 spiro atoms. The summed E-state index contributed by atoms with van der Waals surface area (Å²) in [5.41, 5.74) is 3.29. The number of pyridine rings is 1. The van der Waals surface area contributed by atoms with E-state index < -0.39 is 0 Å². The molecule has 4 nitrogen and oxygen atoms in total. The molecule has 1 aromatic heterocycles. The van der Waals surface area contributed by atoms with Crippen LogP contribution in [0.1, 0.15) is 37.8 Å². The van der Waals surface area contributed by atoms with E-state index in [1.807, 2.05) is 6.92 Å². The van der Waals surface area contributed by atoms with Gasteiger partial charge in [0.15, 0.2) is 0 Å². The fourth-order valence-electron chi connectivity index (χ4n) is 2.53. The van der Waals surface area contributed by atoms with Gasteiger partial charge >= 0.3 is 0 Å². The second-order valence-electron chi connectivity index (χ2n) is 4.77. The maximum absolute atomic E-state index is 13.6. The quantitative estimate of drug-likeness (QED) is 0.601. The average molecular weight is 253 g/mol. The van der Waals surface area contributed by atoms with E-state index in [4.69, 9.17) is 10.6 Å². The van der Waals surface area contributed by atoms with E-state index in [-0.39, 0.29) is 11.9 Å². The molecule has 0 amide bonds. The Bertz CT molecular complexity index is 382. The Labute approximate surface area is 107 Å². The van der Waals surface area contributed by atoms with Crippen molar-refractivity contribution in [1.82, 2.24) is 10.4 Å². The molecule has 1 aliphatic rings. The topological polar surface area (TPSA) is 60.2 Å². The first-order chi connectivity index (χ1) is 8.74. The molecule has 0 bridgehead atoms. The summed E-state index contributed by atoms with van der Waals surface area (Å²) < 4.78 is 19.1. The van der Waals surface area contributed by atoms with Crippen molar-refractivity contribution in [1.29, 1.82) is 0 Å².